The molecule has 1 amide bonds. The maximum Gasteiger partial charge on any atom is 0.411 e. The summed E-state index contributed by atoms with van der Waals surface area (Å²) in [4.78, 5) is 29.5. The van der Waals surface area contributed by atoms with Crippen molar-refractivity contribution in [3.05, 3.63) is 105 Å². The number of aromatic nitrogens is 2. The number of anilines is 1. The fraction of sp³-hybridized carbons (Fsp3) is 0.125. The highest BCUT2D eigenvalue weighted by Crippen LogP contribution is 2.27. The van der Waals surface area contributed by atoms with E-state index >= 15 is 0 Å². The van der Waals surface area contributed by atoms with E-state index in [1.54, 1.807) is 30.3 Å². The summed E-state index contributed by atoms with van der Waals surface area (Å²) in [7, 11) is 0. The molecule has 1 N–H and O–H groups in total. The topological polar surface area (TPSA) is 73.2 Å². The van der Waals surface area contributed by atoms with Crippen molar-refractivity contribution in [2.75, 3.05) is 5.32 Å². The van der Waals surface area contributed by atoms with Gasteiger partial charge in [-0.1, -0.05) is 59.6 Å². The third-order valence-electron chi connectivity index (χ3n) is 5.09. The molecule has 8 heteroatoms. The number of fused-ring (bicyclic) bond motifs is 1. The Bertz CT molecular complexity index is 1340. The third-order valence-corrected chi connectivity index (χ3v) is 5.83. The molecule has 162 valence electrons. The van der Waals surface area contributed by atoms with Gasteiger partial charge < -0.3 is 4.74 Å². The molecule has 0 aliphatic heterocycles. The Morgan fingerprint density at radius 2 is 1.84 bits per heavy atom. The molecule has 0 saturated carbocycles. The Labute approximate surface area is 194 Å². The van der Waals surface area contributed by atoms with E-state index in [2.05, 4.69) is 10.3 Å². The van der Waals surface area contributed by atoms with Crippen LogP contribution in [0, 0.1) is 0 Å². The molecule has 1 unspecified atom stereocenters. The number of hydrogen-bond acceptors (Lipinski definition) is 4. The van der Waals surface area contributed by atoms with Crippen LogP contribution in [-0.4, -0.2) is 15.6 Å². The zero-order valence-electron chi connectivity index (χ0n) is 17.1. The first-order valence-corrected chi connectivity index (χ1v) is 10.6. The maximum absolute atomic E-state index is 13.0. The van der Waals surface area contributed by atoms with Gasteiger partial charge in [0, 0.05) is 5.69 Å². The van der Waals surface area contributed by atoms with Crippen molar-refractivity contribution in [1.29, 1.82) is 0 Å². The van der Waals surface area contributed by atoms with E-state index in [-0.39, 0.29) is 18.2 Å². The van der Waals surface area contributed by atoms with E-state index in [1.807, 2.05) is 43.3 Å². The Kier molecular flexibility index (Phi) is 6.44. The molecule has 0 spiro atoms. The molecule has 0 aliphatic carbocycles. The molecule has 3 aromatic carbocycles. The van der Waals surface area contributed by atoms with Gasteiger partial charge in [-0.15, -0.1) is 0 Å². The minimum Gasteiger partial charge on any atom is -0.444 e. The number of hydrogen-bond donors (Lipinski definition) is 1. The summed E-state index contributed by atoms with van der Waals surface area (Å²) in [6.45, 7) is 2.04. The van der Waals surface area contributed by atoms with E-state index in [9.17, 15) is 9.59 Å². The fourth-order valence-electron chi connectivity index (χ4n) is 3.30. The van der Waals surface area contributed by atoms with Crippen LogP contribution in [-0.2, 0) is 11.3 Å². The van der Waals surface area contributed by atoms with Crippen molar-refractivity contribution in [3.8, 4) is 0 Å². The molecule has 4 aromatic rings. The Balaban J connectivity index is 1.52. The number of carbonyl (C=O) groups excluding carboxylic acids is 1. The van der Waals surface area contributed by atoms with E-state index in [0.717, 1.165) is 11.1 Å². The van der Waals surface area contributed by atoms with Crippen LogP contribution in [0.5, 0.6) is 0 Å². The smallest absolute Gasteiger partial charge is 0.411 e. The zero-order chi connectivity index (χ0) is 22.7. The number of nitrogens with zero attached hydrogens (tertiary/aromatic N) is 2. The van der Waals surface area contributed by atoms with Crippen LogP contribution in [0.3, 0.4) is 0 Å². The van der Waals surface area contributed by atoms with Crippen LogP contribution in [0.2, 0.25) is 10.0 Å². The Hall–Kier alpha value is -3.35. The number of halogens is 2. The molecule has 0 bridgehead atoms. The predicted octanol–water partition coefficient (Wildman–Crippen LogP) is 6.06. The molecule has 4 rings (SSSR count). The second-order valence-corrected chi connectivity index (χ2v) is 8.04. The summed E-state index contributed by atoms with van der Waals surface area (Å²) < 4.78 is 6.76. The standard InChI is InChI=1S/C24H19Cl2N3O3/c1-15(17-7-10-20(25)21(26)11-17)29-14-27-22-12-18(8-9-19(22)23(29)30)28-24(31)32-13-16-5-3-2-4-6-16/h2-12,14-15H,13H2,1H3,(H,28,31). The first-order valence-electron chi connectivity index (χ1n) is 9.86. The van der Waals surface area contributed by atoms with E-state index in [0.29, 0.717) is 26.6 Å². The molecule has 32 heavy (non-hydrogen) atoms. The summed E-state index contributed by atoms with van der Waals surface area (Å²) in [5, 5.41) is 3.97. The van der Waals surface area contributed by atoms with Crippen LogP contribution >= 0.6 is 23.2 Å². The summed E-state index contributed by atoms with van der Waals surface area (Å²) in [6, 6.07) is 19.3. The van der Waals surface area contributed by atoms with Crippen molar-refractivity contribution < 1.29 is 9.53 Å². The minimum absolute atomic E-state index is 0.163. The van der Waals surface area contributed by atoms with Crippen molar-refractivity contribution in [1.82, 2.24) is 9.55 Å². The van der Waals surface area contributed by atoms with Gasteiger partial charge in [0.25, 0.3) is 5.56 Å². The molecular weight excluding hydrogens is 449 g/mol. The number of rotatable bonds is 5. The lowest BCUT2D eigenvalue weighted by Gasteiger charge is -2.16. The predicted molar refractivity (Wildman–Crippen MR) is 127 cm³/mol. The first-order chi connectivity index (χ1) is 15.4. The third kappa shape index (κ3) is 4.77. The van der Waals surface area contributed by atoms with Crippen molar-refractivity contribution in [2.24, 2.45) is 0 Å². The minimum atomic E-state index is -0.588. The second kappa shape index (κ2) is 9.42. The quantitative estimate of drug-likeness (QED) is 0.386. The zero-order valence-corrected chi connectivity index (χ0v) is 18.6. The van der Waals surface area contributed by atoms with Gasteiger partial charge in [0.05, 0.1) is 33.3 Å². The van der Waals surface area contributed by atoms with Gasteiger partial charge in [0.2, 0.25) is 0 Å². The molecule has 0 radical (unpaired) electrons. The molecular formula is C24H19Cl2N3O3. The highest BCUT2D eigenvalue weighted by atomic mass is 35.5. The first kappa shape index (κ1) is 21.9. The van der Waals surface area contributed by atoms with E-state index in [1.165, 1.54) is 10.9 Å². The molecule has 0 saturated heterocycles. The number of carbonyl (C=O) groups is 1. The number of amides is 1. The lowest BCUT2D eigenvalue weighted by atomic mass is 10.1. The fourth-order valence-corrected chi connectivity index (χ4v) is 3.61. The van der Waals surface area contributed by atoms with Crippen molar-refractivity contribution >= 4 is 45.9 Å². The van der Waals surface area contributed by atoms with E-state index < -0.39 is 6.09 Å². The summed E-state index contributed by atoms with van der Waals surface area (Å²) in [5.41, 5.74) is 2.47. The molecule has 0 aliphatic rings. The molecule has 6 nitrogen and oxygen atoms in total. The van der Waals surface area contributed by atoms with Crippen LogP contribution in [0.1, 0.15) is 24.1 Å². The lowest BCUT2D eigenvalue weighted by molar-refractivity contribution is 0.155. The average Bonchev–Trinajstić information content (AvgIpc) is 2.80. The number of ether oxygens (including phenoxy) is 1. The van der Waals surface area contributed by atoms with Crippen LogP contribution in [0.15, 0.2) is 77.9 Å². The monoisotopic (exact) mass is 467 g/mol. The summed E-state index contributed by atoms with van der Waals surface area (Å²) in [5.74, 6) is 0. The summed E-state index contributed by atoms with van der Waals surface area (Å²) in [6.07, 6.45) is 0.893. The van der Waals surface area contributed by atoms with Gasteiger partial charge in [-0.05, 0) is 48.4 Å². The Morgan fingerprint density at radius 3 is 2.59 bits per heavy atom. The van der Waals surface area contributed by atoms with Crippen LogP contribution in [0.4, 0.5) is 10.5 Å². The molecule has 1 atom stereocenters. The highest BCUT2D eigenvalue weighted by Gasteiger charge is 2.14. The van der Waals surface area contributed by atoms with Gasteiger partial charge >= 0.3 is 6.09 Å². The van der Waals surface area contributed by atoms with Crippen LogP contribution in [0.25, 0.3) is 10.9 Å². The Morgan fingerprint density at radius 1 is 1.06 bits per heavy atom. The molecule has 1 heterocycles. The van der Waals surface area contributed by atoms with E-state index in [4.69, 9.17) is 27.9 Å². The summed E-state index contributed by atoms with van der Waals surface area (Å²) >= 11 is 12.1. The van der Waals surface area contributed by atoms with Crippen molar-refractivity contribution in [3.63, 3.8) is 0 Å². The lowest BCUT2D eigenvalue weighted by Crippen LogP contribution is -2.24. The molecule has 1 aromatic heterocycles. The van der Waals surface area contributed by atoms with Crippen molar-refractivity contribution in [2.45, 2.75) is 19.6 Å². The molecule has 0 fully saturated rings. The van der Waals surface area contributed by atoms with Gasteiger partial charge in [-0.2, -0.15) is 0 Å². The normalized spacial score (nSPS) is 11.8. The van der Waals surface area contributed by atoms with Gasteiger partial charge in [-0.3, -0.25) is 14.7 Å². The largest absolute Gasteiger partial charge is 0.444 e. The highest BCUT2D eigenvalue weighted by molar-refractivity contribution is 6.42. The SMILES string of the molecule is CC(c1ccc(Cl)c(Cl)c1)n1cnc2cc(NC(=O)OCc3ccccc3)ccc2c1=O. The second-order valence-electron chi connectivity index (χ2n) is 7.23. The average molecular weight is 468 g/mol. The van der Waals surface area contributed by atoms with Gasteiger partial charge in [-0.25, -0.2) is 9.78 Å². The number of benzene rings is 3. The maximum atomic E-state index is 13.0. The van der Waals surface area contributed by atoms with Gasteiger partial charge in [0.15, 0.2) is 0 Å². The van der Waals surface area contributed by atoms with Crippen LogP contribution < -0.4 is 10.9 Å². The number of nitrogens with one attached hydrogen (secondary N) is 1. The van der Waals surface area contributed by atoms with Gasteiger partial charge in [0.1, 0.15) is 6.61 Å².